The Labute approximate surface area is 179 Å². The highest BCUT2D eigenvalue weighted by Crippen LogP contribution is 2.36. The molecule has 9 heteroatoms. The molecule has 0 saturated heterocycles. The maximum Gasteiger partial charge on any atom is 0.336 e. The lowest BCUT2D eigenvalue weighted by molar-refractivity contribution is -0.119. The van der Waals surface area contributed by atoms with Crippen molar-refractivity contribution < 1.29 is 23.7 Å². The van der Waals surface area contributed by atoms with E-state index in [2.05, 4.69) is 29.2 Å². The van der Waals surface area contributed by atoms with E-state index in [9.17, 15) is 4.79 Å². The van der Waals surface area contributed by atoms with Gasteiger partial charge in [-0.3, -0.25) is 4.79 Å². The van der Waals surface area contributed by atoms with Gasteiger partial charge in [0, 0.05) is 18.4 Å². The number of amides is 1. The Kier molecular flexibility index (Phi) is 6.03. The van der Waals surface area contributed by atoms with Crippen LogP contribution in [0.3, 0.4) is 0 Å². The van der Waals surface area contributed by atoms with Gasteiger partial charge >= 0.3 is 6.01 Å². The van der Waals surface area contributed by atoms with E-state index in [1.807, 2.05) is 30.3 Å². The maximum atomic E-state index is 11.7. The van der Waals surface area contributed by atoms with Crippen LogP contribution in [-0.4, -0.2) is 47.8 Å². The van der Waals surface area contributed by atoms with Crippen LogP contribution in [0.25, 0.3) is 17.1 Å². The van der Waals surface area contributed by atoms with Gasteiger partial charge in [0.25, 0.3) is 0 Å². The number of aromatic nitrogens is 3. The van der Waals surface area contributed by atoms with Crippen molar-refractivity contribution in [2.75, 3.05) is 32.4 Å². The summed E-state index contributed by atoms with van der Waals surface area (Å²) in [7, 11) is 1.48. The van der Waals surface area contributed by atoms with Crippen LogP contribution in [0.4, 0.5) is 5.69 Å². The molecular weight excluding hydrogens is 400 g/mol. The van der Waals surface area contributed by atoms with Crippen LogP contribution in [0.2, 0.25) is 0 Å². The first-order valence-corrected chi connectivity index (χ1v) is 9.92. The number of methoxy groups -OCH3 is 1. The summed E-state index contributed by atoms with van der Waals surface area (Å²) in [5, 5.41) is 7.32. The highest BCUT2D eigenvalue weighted by molar-refractivity contribution is 5.91. The zero-order valence-corrected chi connectivity index (χ0v) is 17.6. The summed E-state index contributed by atoms with van der Waals surface area (Å²) in [6, 6.07) is 13.2. The molecular formula is C22H24N4O5. The molecule has 0 saturated carbocycles. The van der Waals surface area contributed by atoms with Crippen LogP contribution in [0.1, 0.15) is 13.8 Å². The molecule has 0 radical (unpaired) electrons. The second kappa shape index (κ2) is 9.05. The van der Waals surface area contributed by atoms with Crippen molar-refractivity contribution in [1.29, 1.82) is 0 Å². The number of carbonyl (C=O) groups is 1. The fourth-order valence-electron chi connectivity index (χ4n) is 3.01. The molecule has 1 aliphatic heterocycles. The van der Waals surface area contributed by atoms with Crippen LogP contribution in [-0.2, 0) is 9.53 Å². The molecule has 2 aromatic carbocycles. The zero-order chi connectivity index (χ0) is 21.8. The first kappa shape index (κ1) is 20.7. The standard InChI is InChI=1S/C22H24N4O5/c1-14(2)11-29-22-24-21(15-4-9-18-19(10-15)31-13-30-18)26(25-22)17-7-5-16(6-8-17)23-20(27)12-28-3/h4-10,14H,11-13H2,1-3H3,(H,23,27). The number of anilines is 1. The number of nitrogens with zero attached hydrogens (tertiary/aromatic N) is 3. The molecule has 0 atom stereocenters. The molecule has 4 rings (SSSR count). The van der Waals surface area contributed by atoms with E-state index in [0.29, 0.717) is 41.5 Å². The molecule has 1 aliphatic rings. The predicted molar refractivity (Wildman–Crippen MR) is 114 cm³/mol. The first-order chi connectivity index (χ1) is 15.0. The van der Waals surface area contributed by atoms with Crippen LogP contribution >= 0.6 is 0 Å². The first-order valence-electron chi connectivity index (χ1n) is 9.92. The van der Waals surface area contributed by atoms with Gasteiger partial charge in [-0.1, -0.05) is 13.8 Å². The molecule has 9 nitrogen and oxygen atoms in total. The van der Waals surface area contributed by atoms with E-state index in [1.165, 1.54) is 7.11 Å². The minimum atomic E-state index is -0.221. The summed E-state index contributed by atoms with van der Waals surface area (Å²) in [5.74, 6) is 2.08. The van der Waals surface area contributed by atoms with Gasteiger partial charge in [-0.15, -0.1) is 5.10 Å². The van der Waals surface area contributed by atoms with Gasteiger partial charge in [0.2, 0.25) is 12.7 Å². The van der Waals surface area contributed by atoms with Gasteiger partial charge in [0.15, 0.2) is 17.3 Å². The number of nitrogens with one attached hydrogen (secondary N) is 1. The molecule has 0 unspecified atom stereocenters. The Bertz CT molecular complexity index is 1060. The van der Waals surface area contributed by atoms with Crippen LogP contribution < -0.4 is 19.5 Å². The number of benzene rings is 2. The Balaban J connectivity index is 1.66. The Hall–Kier alpha value is -3.59. The summed E-state index contributed by atoms with van der Waals surface area (Å²) >= 11 is 0. The molecule has 3 aromatic rings. The molecule has 0 bridgehead atoms. The second-order valence-electron chi connectivity index (χ2n) is 7.43. The van der Waals surface area contributed by atoms with Gasteiger partial charge in [-0.2, -0.15) is 4.98 Å². The van der Waals surface area contributed by atoms with E-state index in [4.69, 9.17) is 18.9 Å². The van der Waals surface area contributed by atoms with Crippen molar-refractivity contribution in [3.8, 4) is 34.6 Å². The highest BCUT2D eigenvalue weighted by Gasteiger charge is 2.19. The third-order valence-corrected chi connectivity index (χ3v) is 4.44. The number of ether oxygens (including phenoxy) is 4. The van der Waals surface area contributed by atoms with Gasteiger partial charge in [-0.25, -0.2) is 4.68 Å². The van der Waals surface area contributed by atoms with Gasteiger partial charge in [0.1, 0.15) is 6.61 Å². The van der Waals surface area contributed by atoms with Crippen molar-refractivity contribution in [3.63, 3.8) is 0 Å². The minimum Gasteiger partial charge on any atom is -0.462 e. The van der Waals surface area contributed by atoms with Crippen LogP contribution in [0.5, 0.6) is 17.5 Å². The number of hydrogen-bond acceptors (Lipinski definition) is 7. The number of hydrogen-bond donors (Lipinski definition) is 1. The van der Waals surface area contributed by atoms with Crippen LogP contribution in [0.15, 0.2) is 42.5 Å². The quantitative estimate of drug-likeness (QED) is 0.593. The fourth-order valence-corrected chi connectivity index (χ4v) is 3.01. The molecule has 31 heavy (non-hydrogen) atoms. The van der Waals surface area contributed by atoms with E-state index in [0.717, 1.165) is 11.3 Å². The molecule has 0 fully saturated rings. The third kappa shape index (κ3) is 4.77. The SMILES string of the molecule is COCC(=O)Nc1ccc(-n2nc(OCC(C)C)nc2-c2ccc3c(c2)OCO3)cc1. The number of fused-ring (bicyclic) bond motifs is 1. The van der Waals surface area contributed by atoms with Crippen molar-refractivity contribution in [2.45, 2.75) is 13.8 Å². The average Bonchev–Trinajstić information content (AvgIpc) is 3.39. The lowest BCUT2D eigenvalue weighted by atomic mass is 10.2. The Morgan fingerprint density at radius 3 is 2.68 bits per heavy atom. The molecule has 0 spiro atoms. The summed E-state index contributed by atoms with van der Waals surface area (Å²) in [6.45, 7) is 4.83. The fraction of sp³-hybridized carbons (Fsp3) is 0.318. The summed E-state index contributed by atoms with van der Waals surface area (Å²) in [6.07, 6.45) is 0. The van der Waals surface area contributed by atoms with E-state index >= 15 is 0 Å². The normalized spacial score (nSPS) is 12.3. The average molecular weight is 424 g/mol. The molecule has 0 aliphatic carbocycles. The summed E-state index contributed by atoms with van der Waals surface area (Å²) in [4.78, 5) is 16.3. The molecule has 1 N–H and O–H groups in total. The topological polar surface area (TPSA) is 96.7 Å². The zero-order valence-electron chi connectivity index (χ0n) is 17.6. The van der Waals surface area contributed by atoms with Crippen molar-refractivity contribution in [1.82, 2.24) is 14.8 Å². The van der Waals surface area contributed by atoms with Crippen molar-refractivity contribution in [2.24, 2.45) is 5.92 Å². The largest absolute Gasteiger partial charge is 0.462 e. The molecule has 2 heterocycles. The number of rotatable bonds is 8. The smallest absolute Gasteiger partial charge is 0.336 e. The lowest BCUT2D eigenvalue weighted by Crippen LogP contribution is -2.17. The van der Waals surface area contributed by atoms with Crippen LogP contribution in [0, 0.1) is 5.92 Å². The van der Waals surface area contributed by atoms with Crippen molar-refractivity contribution >= 4 is 11.6 Å². The Morgan fingerprint density at radius 1 is 1.16 bits per heavy atom. The molecule has 1 aromatic heterocycles. The van der Waals surface area contributed by atoms with Gasteiger partial charge < -0.3 is 24.3 Å². The van der Waals surface area contributed by atoms with Gasteiger partial charge in [-0.05, 0) is 48.4 Å². The van der Waals surface area contributed by atoms with E-state index < -0.39 is 0 Å². The summed E-state index contributed by atoms with van der Waals surface area (Å²) < 4.78 is 23.2. The summed E-state index contributed by atoms with van der Waals surface area (Å²) in [5.41, 5.74) is 2.24. The monoisotopic (exact) mass is 424 g/mol. The number of carbonyl (C=O) groups excluding carboxylic acids is 1. The lowest BCUT2D eigenvalue weighted by Gasteiger charge is -2.08. The molecule has 1 amide bonds. The third-order valence-electron chi connectivity index (χ3n) is 4.44. The maximum absolute atomic E-state index is 11.7. The van der Waals surface area contributed by atoms with E-state index in [1.54, 1.807) is 16.8 Å². The van der Waals surface area contributed by atoms with Gasteiger partial charge in [0.05, 0.1) is 12.3 Å². The predicted octanol–water partition coefficient (Wildman–Crippen LogP) is 3.28. The van der Waals surface area contributed by atoms with Crippen molar-refractivity contribution in [3.05, 3.63) is 42.5 Å². The molecule has 162 valence electrons. The van der Waals surface area contributed by atoms with E-state index in [-0.39, 0.29) is 19.3 Å². The Morgan fingerprint density at radius 2 is 1.94 bits per heavy atom. The highest BCUT2D eigenvalue weighted by atomic mass is 16.7. The second-order valence-corrected chi connectivity index (χ2v) is 7.43. The minimum absolute atomic E-state index is 0.00433.